The van der Waals surface area contributed by atoms with Gasteiger partial charge in [-0.25, -0.2) is 0 Å². The number of furan rings is 1. The molecule has 2 rings (SSSR count). The molecule has 7 heteroatoms. The minimum Gasteiger partial charge on any atom is -0.467 e. The number of hydrogen-bond acceptors (Lipinski definition) is 4. The van der Waals surface area contributed by atoms with Gasteiger partial charge in [0.2, 0.25) is 0 Å². The summed E-state index contributed by atoms with van der Waals surface area (Å²) in [6.07, 6.45) is 1.51. The molecule has 0 saturated carbocycles. The SMILES string of the molecule is CN(Cc1ccco1)C(=O)c1cc([N+](=O)[O-])ccc1Cl. The Morgan fingerprint density at radius 2 is 2.20 bits per heavy atom. The van der Waals surface area contributed by atoms with Gasteiger partial charge in [0.05, 0.1) is 28.3 Å². The van der Waals surface area contributed by atoms with Crippen LogP contribution in [0.4, 0.5) is 5.69 Å². The normalized spacial score (nSPS) is 10.3. The molecular formula is C13H11ClN2O4. The Kier molecular flexibility index (Phi) is 4.05. The maximum Gasteiger partial charge on any atom is 0.270 e. The lowest BCUT2D eigenvalue weighted by molar-refractivity contribution is -0.384. The van der Waals surface area contributed by atoms with Gasteiger partial charge in [-0.2, -0.15) is 0 Å². The second-order valence-electron chi connectivity index (χ2n) is 4.16. The van der Waals surface area contributed by atoms with Crippen LogP contribution in [0, 0.1) is 10.1 Å². The number of carbonyl (C=O) groups is 1. The van der Waals surface area contributed by atoms with Crippen LogP contribution >= 0.6 is 11.6 Å². The van der Waals surface area contributed by atoms with E-state index < -0.39 is 10.8 Å². The highest BCUT2D eigenvalue weighted by Crippen LogP contribution is 2.23. The summed E-state index contributed by atoms with van der Waals surface area (Å²) in [6, 6.07) is 7.22. The summed E-state index contributed by atoms with van der Waals surface area (Å²) in [4.78, 5) is 23.8. The van der Waals surface area contributed by atoms with Crippen molar-refractivity contribution in [1.82, 2.24) is 4.90 Å². The number of rotatable bonds is 4. The van der Waals surface area contributed by atoms with Gasteiger partial charge in [0.15, 0.2) is 0 Å². The first-order valence-corrected chi connectivity index (χ1v) is 6.08. The van der Waals surface area contributed by atoms with Crippen molar-refractivity contribution in [2.45, 2.75) is 6.54 Å². The third kappa shape index (κ3) is 2.97. The number of nitro benzene ring substituents is 1. The fourth-order valence-corrected chi connectivity index (χ4v) is 1.90. The summed E-state index contributed by atoms with van der Waals surface area (Å²) in [5.74, 6) is 0.206. The monoisotopic (exact) mass is 294 g/mol. The van der Waals surface area contributed by atoms with Crippen molar-refractivity contribution in [2.24, 2.45) is 0 Å². The minimum atomic E-state index is -0.570. The lowest BCUT2D eigenvalue weighted by Crippen LogP contribution is -2.26. The van der Waals surface area contributed by atoms with Gasteiger partial charge in [0, 0.05) is 19.2 Å². The predicted octanol–water partition coefficient (Wildman–Crippen LogP) is 3.11. The Balaban J connectivity index is 2.23. The van der Waals surface area contributed by atoms with Crippen LogP contribution in [-0.4, -0.2) is 22.8 Å². The number of halogens is 1. The number of hydrogen-bond donors (Lipinski definition) is 0. The van der Waals surface area contributed by atoms with E-state index in [1.807, 2.05) is 0 Å². The molecule has 20 heavy (non-hydrogen) atoms. The summed E-state index contributed by atoms with van der Waals surface area (Å²) in [7, 11) is 1.57. The molecule has 0 unspecified atom stereocenters. The van der Waals surface area contributed by atoms with Crippen LogP contribution < -0.4 is 0 Å². The highest BCUT2D eigenvalue weighted by atomic mass is 35.5. The molecular weight excluding hydrogens is 284 g/mol. The summed E-state index contributed by atoms with van der Waals surface area (Å²) in [5.41, 5.74) is -0.0842. The summed E-state index contributed by atoms with van der Waals surface area (Å²) in [6.45, 7) is 0.255. The Hall–Kier alpha value is -2.34. The van der Waals surface area contributed by atoms with Crippen molar-refractivity contribution in [3.63, 3.8) is 0 Å². The molecule has 0 aliphatic carbocycles. The van der Waals surface area contributed by atoms with Crippen molar-refractivity contribution >= 4 is 23.2 Å². The molecule has 0 radical (unpaired) electrons. The van der Waals surface area contributed by atoms with Gasteiger partial charge in [-0.15, -0.1) is 0 Å². The molecule has 0 N–H and O–H groups in total. The van der Waals surface area contributed by atoms with Crippen molar-refractivity contribution in [2.75, 3.05) is 7.05 Å². The molecule has 0 saturated heterocycles. The van der Waals surface area contributed by atoms with Crippen LogP contribution in [0.1, 0.15) is 16.1 Å². The highest BCUT2D eigenvalue weighted by molar-refractivity contribution is 6.33. The molecule has 1 heterocycles. The molecule has 0 aliphatic heterocycles. The zero-order chi connectivity index (χ0) is 14.7. The fourth-order valence-electron chi connectivity index (χ4n) is 1.70. The molecule has 1 amide bonds. The number of nitrogens with zero attached hydrogens (tertiary/aromatic N) is 2. The van der Waals surface area contributed by atoms with Gasteiger partial charge in [0.25, 0.3) is 11.6 Å². The average Bonchev–Trinajstić information content (AvgIpc) is 2.91. The molecule has 6 nitrogen and oxygen atoms in total. The van der Waals surface area contributed by atoms with E-state index in [1.54, 1.807) is 19.2 Å². The van der Waals surface area contributed by atoms with Crippen molar-refractivity contribution in [3.8, 4) is 0 Å². The molecule has 1 aromatic carbocycles. The van der Waals surface area contributed by atoms with Crippen LogP contribution in [0.5, 0.6) is 0 Å². The van der Waals surface area contributed by atoms with E-state index in [1.165, 1.54) is 29.4 Å². The standard InChI is InChI=1S/C13H11ClN2O4/c1-15(8-10-3-2-6-20-10)13(17)11-7-9(16(18)19)4-5-12(11)14/h2-7H,8H2,1H3. The van der Waals surface area contributed by atoms with E-state index in [0.717, 1.165) is 0 Å². The second kappa shape index (κ2) is 5.75. The van der Waals surface area contributed by atoms with Crippen molar-refractivity contribution in [3.05, 3.63) is 63.1 Å². The molecule has 1 aromatic heterocycles. The van der Waals surface area contributed by atoms with Crippen molar-refractivity contribution < 1.29 is 14.1 Å². The minimum absolute atomic E-state index is 0.0925. The van der Waals surface area contributed by atoms with E-state index in [0.29, 0.717) is 5.76 Å². The molecule has 2 aromatic rings. The number of nitro groups is 1. The quantitative estimate of drug-likeness (QED) is 0.641. The van der Waals surface area contributed by atoms with Crippen LogP contribution in [0.25, 0.3) is 0 Å². The predicted molar refractivity (Wildman–Crippen MR) is 72.6 cm³/mol. The van der Waals surface area contributed by atoms with Gasteiger partial charge >= 0.3 is 0 Å². The Morgan fingerprint density at radius 3 is 2.80 bits per heavy atom. The topological polar surface area (TPSA) is 76.6 Å². The van der Waals surface area contributed by atoms with E-state index in [-0.39, 0.29) is 22.8 Å². The fraction of sp³-hybridized carbons (Fsp3) is 0.154. The maximum atomic E-state index is 12.2. The van der Waals surface area contributed by atoms with E-state index in [2.05, 4.69) is 0 Å². The zero-order valence-corrected chi connectivity index (χ0v) is 11.3. The van der Waals surface area contributed by atoms with Crippen LogP contribution in [0.3, 0.4) is 0 Å². The summed E-state index contributed by atoms with van der Waals surface area (Å²) >= 11 is 5.93. The molecule has 0 fully saturated rings. The van der Waals surface area contributed by atoms with Gasteiger partial charge in [-0.3, -0.25) is 14.9 Å². The number of carbonyl (C=O) groups excluding carboxylic acids is 1. The van der Waals surface area contributed by atoms with Gasteiger partial charge in [-0.05, 0) is 18.2 Å². The van der Waals surface area contributed by atoms with Crippen molar-refractivity contribution in [1.29, 1.82) is 0 Å². The highest BCUT2D eigenvalue weighted by Gasteiger charge is 2.19. The summed E-state index contributed by atoms with van der Waals surface area (Å²) < 4.78 is 5.15. The van der Waals surface area contributed by atoms with Gasteiger partial charge < -0.3 is 9.32 Å². The number of benzene rings is 1. The largest absolute Gasteiger partial charge is 0.467 e. The number of amides is 1. The van der Waals surface area contributed by atoms with E-state index in [4.69, 9.17) is 16.0 Å². The second-order valence-corrected chi connectivity index (χ2v) is 4.57. The lowest BCUT2D eigenvalue weighted by atomic mass is 10.1. The third-order valence-electron chi connectivity index (χ3n) is 2.71. The summed E-state index contributed by atoms with van der Waals surface area (Å²) in [5, 5.41) is 10.9. The molecule has 0 spiro atoms. The smallest absolute Gasteiger partial charge is 0.270 e. The average molecular weight is 295 g/mol. The van der Waals surface area contributed by atoms with Gasteiger partial charge in [-0.1, -0.05) is 11.6 Å². The van der Waals surface area contributed by atoms with Crippen LogP contribution in [0.15, 0.2) is 41.0 Å². The number of non-ortho nitro benzene ring substituents is 1. The van der Waals surface area contributed by atoms with Crippen LogP contribution in [-0.2, 0) is 6.54 Å². The molecule has 0 aliphatic rings. The molecule has 0 bridgehead atoms. The maximum absolute atomic E-state index is 12.2. The Bertz CT molecular complexity index is 640. The van der Waals surface area contributed by atoms with Crippen LogP contribution in [0.2, 0.25) is 5.02 Å². The first-order valence-electron chi connectivity index (χ1n) is 5.71. The Morgan fingerprint density at radius 1 is 1.45 bits per heavy atom. The third-order valence-corrected chi connectivity index (χ3v) is 3.04. The van der Waals surface area contributed by atoms with E-state index in [9.17, 15) is 14.9 Å². The molecule has 0 atom stereocenters. The lowest BCUT2D eigenvalue weighted by Gasteiger charge is -2.16. The first-order chi connectivity index (χ1) is 9.49. The Labute approximate surface area is 119 Å². The van der Waals surface area contributed by atoms with E-state index >= 15 is 0 Å². The first kappa shape index (κ1) is 14.1. The van der Waals surface area contributed by atoms with Gasteiger partial charge in [0.1, 0.15) is 5.76 Å². The molecule has 104 valence electrons. The zero-order valence-electron chi connectivity index (χ0n) is 10.6.